The number of hydrogen-bond donors (Lipinski definition) is 1. The number of ether oxygens (including phenoxy) is 2. The number of carbonyl (C=O) groups is 2. The van der Waals surface area contributed by atoms with Crippen LogP contribution in [0.1, 0.15) is 23.6 Å². The summed E-state index contributed by atoms with van der Waals surface area (Å²) >= 11 is 0. The lowest BCUT2D eigenvalue weighted by Crippen LogP contribution is -2.31. The van der Waals surface area contributed by atoms with Gasteiger partial charge in [-0.05, 0) is 41.8 Å². The molecule has 1 amide bonds. The van der Waals surface area contributed by atoms with Gasteiger partial charge < -0.3 is 14.6 Å². The molecule has 4 rings (SSSR count). The van der Waals surface area contributed by atoms with Gasteiger partial charge in [-0.3, -0.25) is 14.5 Å². The second-order valence-corrected chi connectivity index (χ2v) is 8.07. The number of amides is 1. The van der Waals surface area contributed by atoms with Crippen LogP contribution in [0.3, 0.4) is 0 Å². The second-order valence-electron chi connectivity index (χ2n) is 8.07. The van der Waals surface area contributed by atoms with E-state index in [9.17, 15) is 27.9 Å². The smallest absolute Gasteiger partial charge is 0.503 e. The highest BCUT2D eigenvalue weighted by molar-refractivity contribution is 6.16. The van der Waals surface area contributed by atoms with Crippen LogP contribution >= 0.6 is 0 Å². The fraction of sp³-hybridized carbons (Fsp3) is 0.185. The molecule has 0 radical (unpaired) electrons. The number of aliphatic hydroxyl groups excluding tert-OH is 1. The third-order valence-corrected chi connectivity index (χ3v) is 5.73. The van der Waals surface area contributed by atoms with Crippen molar-refractivity contribution in [3.63, 3.8) is 0 Å². The molecule has 1 atom stereocenters. The van der Waals surface area contributed by atoms with Gasteiger partial charge in [0.1, 0.15) is 11.5 Å². The summed E-state index contributed by atoms with van der Waals surface area (Å²) < 4.78 is 47.7. The molecule has 36 heavy (non-hydrogen) atoms. The molecule has 0 spiro atoms. The van der Waals surface area contributed by atoms with E-state index in [1.807, 2.05) is 30.3 Å². The van der Waals surface area contributed by atoms with E-state index in [2.05, 4.69) is 4.74 Å². The number of aliphatic hydroxyl groups is 1. The number of alkyl halides is 3. The Morgan fingerprint density at radius 1 is 0.972 bits per heavy atom. The molecule has 1 aliphatic heterocycles. The van der Waals surface area contributed by atoms with Crippen LogP contribution in [0.5, 0.6) is 11.5 Å². The van der Waals surface area contributed by atoms with E-state index >= 15 is 0 Å². The number of ketones is 1. The number of Topliss-reactive ketones (excluding diaryl/α,β-unsaturated/α-hetero) is 1. The van der Waals surface area contributed by atoms with Crippen LogP contribution < -0.4 is 14.4 Å². The molecule has 0 bridgehead atoms. The highest BCUT2D eigenvalue weighted by Crippen LogP contribution is 2.43. The molecule has 6 nitrogen and oxygen atoms in total. The van der Waals surface area contributed by atoms with Crippen LogP contribution in [0.2, 0.25) is 0 Å². The van der Waals surface area contributed by atoms with Crippen molar-refractivity contribution in [1.82, 2.24) is 0 Å². The third kappa shape index (κ3) is 5.35. The average Bonchev–Trinajstić information content (AvgIpc) is 3.13. The molecule has 1 heterocycles. The molecule has 0 aromatic heterocycles. The number of carbonyl (C=O) groups excluding carboxylic acids is 2. The van der Waals surface area contributed by atoms with Crippen molar-refractivity contribution < 1.29 is 37.3 Å². The van der Waals surface area contributed by atoms with Crippen LogP contribution in [0.4, 0.5) is 18.9 Å². The van der Waals surface area contributed by atoms with Gasteiger partial charge in [-0.25, -0.2) is 0 Å². The van der Waals surface area contributed by atoms with Crippen molar-refractivity contribution in [3.05, 3.63) is 101 Å². The largest absolute Gasteiger partial charge is 0.573 e. The number of anilines is 1. The summed E-state index contributed by atoms with van der Waals surface area (Å²) in [7, 11) is 1.45. The Hall–Kier alpha value is -4.27. The van der Waals surface area contributed by atoms with Gasteiger partial charge in [0.25, 0.3) is 5.91 Å². The summed E-state index contributed by atoms with van der Waals surface area (Å²) in [5, 5.41) is 10.8. The molecular weight excluding hydrogens is 475 g/mol. The van der Waals surface area contributed by atoms with Gasteiger partial charge >= 0.3 is 6.36 Å². The summed E-state index contributed by atoms with van der Waals surface area (Å²) in [6.07, 6.45) is -4.54. The third-order valence-electron chi connectivity index (χ3n) is 5.73. The van der Waals surface area contributed by atoms with Crippen molar-refractivity contribution in [1.29, 1.82) is 0 Å². The second kappa shape index (κ2) is 10.2. The molecule has 0 aliphatic carbocycles. The number of rotatable bonds is 8. The molecule has 3 aromatic carbocycles. The summed E-state index contributed by atoms with van der Waals surface area (Å²) in [6, 6.07) is 19.6. The van der Waals surface area contributed by atoms with E-state index in [4.69, 9.17) is 4.74 Å². The maximum Gasteiger partial charge on any atom is 0.573 e. The van der Waals surface area contributed by atoms with Gasteiger partial charge in [0, 0.05) is 18.2 Å². The monoisotopic (exact) mass is 497 g/mol. The molecule has 1 N–H and O–H groups in total. The number of nitrogens with zero attached hydrogens (tertiary/aromatic N) is 1. The van der Waals surface area contributed by atoms with Crippen LogP contribution in [-0.4, -0.2) is 30.3 Å². The van der Waals surface area contributed by atoms with Crippen LogP contribution in [0.25, 0.3) is 0 Å². The molecule has 1 unspecified atom stereocenters. The molecular formula is C27H22F3NO5. The lowest BCUT2D eigenvalue weighted by atomic mass is 9.93. The van der Waals surface area contributed by atoms with Crippen molar-refractivity contribution in [2.24, 2.45) is 0 Å². The van der Waals surface area contributed by atoms with Gasteiger partial charge in [-0.1, -0.05) is 48.5 Å². The molecule has 0 saturated heterocycles. The van der Waals surface area contributed by atoms with E-state index in [0.717, 1.165) is 22.6 Å². The first kappa shape index (κ1) is 24.8. The summed E-state index contributed by atoms with van der Waals surface area (Å²) in [5.74, 6) is -2.21. The minimum Gasteiger partial charge on any atom is -0.503 e. The van der Waals surface area contributed by atoms with Gasteiger partial charge in [0.2, 0.25) is 0 Å². The Bertz CT molecular complexity index is 1300. The summed E-state index contributed by atoms with van der Waals surface area (Å²) in [6.45, 7) is 0. The lowest BCUT2D eigenvalue weighted by Gasteiger charge is -2.27. The number of hydrogen-bond acceptors (Lipinski definition) is 5. The zero-order valence-electron chi connectivity index (χ0n) is 19.2. The van der Waals surface area contributed by atoms with E-state index < -0.39 is 35.6 Å². The maximum atomic E-state index is 13.3. The normalized spacial score (nSPS) is 15.8. The molecule has 3 aromatic rings. The number of benzene rings is 3. The number of aryl methyl sites for hydroxylation is 1. The fourth-order valence-corrected chi connectivity index (χ4v) is 4.15. The lowest BCUT2D eigenvalue weighted by molar-refractivity contribution is -0.274. The summed E-state index contributed by atoms with van der Waals surface area (Å²) in [4.78, 5) is 27.6. The van der Waals surface area contributed by atoms with Crippen molar-refractivity contribution in [2.75, 3.05) is 12.0 Å². The molecule has 9 heteroatoms. The Balaban J connectivity index is 1.74. The minimum absolute atomic E-state index is 0.0161. The molecule has 1 aliphatic rings. The fourth-order valence-electron chi connectivity index (χ4n) is 4.15. The minimum atomic E-state index is -4.93. The van der Waals surface area contributed by atoms with Crippen molar-refractivity contribution in [3.8, 4) is 11.5 Å². The van der Waals surface area contributed by atoms with Crippen LogP contribution in [0, 0.1) is 0 Å². The first-order chi connectivity index (χ1) is 17.2. The molecule has 0 saturated carbocycles. The van der Waals surface area contributed by atoms with Crippen molar-refractivity contribution >= 4 is 17.4 Å². The first-order valence-corrected chi connectivity index (χ1v) is 11.0. The van der Waals surface area contributed by atoms with E-state index in [-0.39, 0.29) is 17.7 Å². The van der Waals surface area contributed by atoms with Gasteiger partial charge in [-0.2, -0.15) is 0 Å². The average molecular weight is 497 g/mol. The quantitative estimate of drug-likeness (QED) is 0.432. The Morgan fingerprint density at radius 2 is 1.67 bits per heavy atom. The van der Waals surface area contributed by atoms with Crippen LogP contribution in [-0.2, 0) is 16.0 Å². The standard InChI is InChI=1S/C27H22F3NO5/c1-35-20-11-5-9-18(15-20)24-23(22(32)14-13-17-7-3-2-4-8-17)25(33)26(34)31(24)19-10-6-12-21(16-19)36-27(28,29)30/h2-12,15-16,24,33H,13-14H2,1H3. The molecule has 0 fully saturated rings. The zero-order valence-corrected chi connectivity index (χ0v) is 19.2. The Morgan fingerprint density at radius 3 is 2.36 bits per heavy atom. The SMILES string of the molecule is COc1cccc(C2C(C(=O)CCc3ccccc3)=C(O)C(=O)N2c2cccc(OC(F)(F)F)c2)c1. The predicted molar refractivity (Wildman–Crippen MR) is 126 cm³/mol. The van der Waals surface area contributed by atoms with Gasteiger partial charge in [0.15, 0.2) is 11.5 Å². The van der Waals surface area contributed by atoms with Gasteiger partial charge in [0.05, 0.1) is 18.7 Å². The van der Waals surface area contributed by atoms with Crippen LogP contribution in [0.15, 0.2) is 90.2 Å². The Labute approximate surface area is 205 Å². The number of halogens is 3. The highest BCUT2D eigenvalue weighted by atomic mass is 19.4. The number of methoxy groups -OCH3 is 1. The first-order valence-electron chi connectivity index (χ1n) is 11.0. The van der Waals surface area contributed by atoms with Crippen molar-refractivity contribution in [2.45, 2.75) is 25.2 Å². The summed E-state index contributed by atoms with van der Waals surface area (Å²) in [5.41, 5.74) is 1.23. The predicted octanol–water partition coefficient (Wildman–Crippen LogP) is 5.70. The molecule has 186 valence electrons. The van der Waals surface area contributed by atoms with E-state index in [0.29, 0.717) is 17.7 Å². The zero-order chi connectivity index (χ0) is 25.9. The Kier molecular flexibility index (Phi) is 7.00. The van der Waals surface area contributed by atoms with E-state index in [1.54, 1.807) is 24.3 Å². The van der Waals surface area contributed by atoms with E-state index in [1.165, 1.54) is 19.2 Å². The highest BCUT2D eigenvalue weighted by Gasteiger charge is 2.44. The maximum absolute atomic E-state index is 13.3. The van der Waals surface area contributed by atoms with Gasteiger partial charge in [-0.15, -0.1) is 13.2 Å². The topological polar surface area (TPSA) is 76.1 Å².